The number of halogens is 1. The van der Waals surface area contributed by atoms with Gasteiger partial charge in [-0.2, -0.15) is 5.10 Å². The fourth-order valence-electron chi connectivity index (χ4n) is 2.06. The highest BCUT2D eigenvalue weighted by Gasteiger charge is 2.11. The van der Waals surface area contributed by atoms with Gasteiger partial charge >= 0.3 is 0 Å². The fraction of sp³-hybridized carbons (Fsp3) is 0.167. The van der Waals surface area contributed by atoms with E-state index in [9.17, 15) is 19.8 Å². The Morgan fingerprint density at radius 3 is 2.46 bits per heavy atom. The second kappa shape index (κ2) is 8.87. The molecule has 2 amide bonds. The zero-order valence-corrected chi connectivity index (χ0v) is 14.7. The number of hydrazone groups is 1. The van der Waals surface area contributed by atoms with Crippen LogP contribution in [0.15, 0.2) is 47.6 Å². The molecule has 0 saturated heterocycles. The normalized spacial score (nSPS) is 11.1. The van der Waals surface area contributed by atoms with E-state index in [0.717, 1.165) is 11.6 Å². The van der Waals surface area contributed by atoms with Gasteiger partial charge in [-0.25, -0.2) is 5.43 Å². The van der Waals surface area contributed by atoms with Gasteiger partial charge in [0.2, 0.25) is 5.91 Å². The van der Waals surface area contributed by atoms with Crippen molar-refractivity contribution in [3.63, 3.8) is 0 Å². The maximum atomic E-state index is 11.9. The third-order valence-corrected chi connectivity index (χ3v) is 3.65. The lowest BCUT2D eigenvalue weighted by atomic mass is 10.2. The Bertz CT molecular complexity index is 835. The van der Waals surface area contributed by atoms with Crippen LogP contribution in [0.5, 0.6) is 11.5 Å². The molecule has 7 nitrogen and oxygen atoms in total. The summed E-state index contributed by atoms with van der Waals surface area (Å²) in [5.74, 6) is -1.42. The Morgan fingerprint density at radius 2 is 1.81 bits per heavy atom. The van der Waals surface area contributed by atoms with Gasteiger partial charge < -0.3 is 15.5 Å². The van der Waals surface area contributed by atoms with E-state index in [-0.39, 0.29) is 29.4 Å². The molecule has 0 heterocycles. The molecule has 2 aromatic carbocycles. The lowest BCUT2D eigenvalue weighted by Crippen LogP contribution is -2.26. The van der Waals surface area contributed by atoms with Crippen LogP contribution in [-0.2, 0) is 11.3 Å². The standard InChI is InChI=1S/C18H18ClN3O4/c1-11(8-17(25)20-10-12-2-4-13(19)5-3-12)21-22-18(26)15-7-6-14(23)9-16(15)24/h2-7,9,23-24H,8,10H2,1H3,(H,20,25)(H,22,26)/b21-11+. The van der Waals surface area contributed by atoms with E-state index in [0.29, 0.717) is 17.3 Å². The minimum Gasteiger partial charge on any atom is -0.508 e. The molecule has 2 aromatic rings. The van der Waals surface area contributed by atoms with Crippen LogP contribution in [0.25, 0.3) is 0 Å². The van der Waals surface area contributed by atoms with Crippen molar-refractivity contribution in [1.82, 2.24) is 10.7 Å². The monoisotopic (exact) mass is 375 g/mol. The Hall–Kier alpha value is -3.06. The molecule has 0 aliphatic heterocycles. The Morgan fingerprint density at radius 1 is 1.12 bits per heavy atom. The van der Waals surface area contributed by atoms with Crippen molar-refractivity contribution in [2.45, 2.75) is 19.9 Å². The van der Waals surface area contributed by atoms with E-state index in [1.165, 1.54) is 12.1 Å². The largest absolute Gasteiger partial charge is 0.508 e. The van der Waals surface area contributed by atoms with Crippen LogP contribution >= 0.6 is 11.6 Å². The molecule has 0 saturated carbocycles. The van der Waals surface area contributed by atoms with Crippen molar-refractivity contribution < 1.29 is 19.8 Å². The summed E-state index contributed by atoms with van der Waals surface area (Å²) in [6, 6.07) is 10.7. The summed E-state index contributed by atoms with van der Waals surface area (Å²) >= 11 is 5.80. The van der Waals surface area contributed by atoms with Crippen molar-refractivity contribution in [2.24, 2.45) is 5.10 Å². The molecule has 0 aromatic heterocycles. The van der Waals surface area contributed by atoms with Crippen LogP contribution in [0.1, 0.15) is 29.3 Å². The van der Waals surface area contributed by atoms with Gasteiger partial charge in [-0.05, 0) is 36.8 Å². The predicted molar refractivity (Wildman–Crippen MR) is 98.3 cm³/mol. The van der Waals surface area contributed by atoms with Gasteiger partial charge in [-0.1, -0.05) is 23.7 Å². The van der Waals surface area contributed by atoms with Gasteiger partial charge in [0.15, 0.2) is 0 Å². The SMILES string of the molecule is C/C(CC(=O)NCc1ccc(Cl)cc1)=N\NC(=O)c1ccc(O)cc1O. The Balaban J connectivity index is 1.84. The molecule has 136 valence electrons. The van der Waals surface area contributed by atoms with E-state index in [1.54, 1.807) is 19.1 Å². The van der Waals surface area contributed by atoms with Crippen LogP contribution < -0.4 is 10.7 Å². The first kappa shape index (κ1) is 19.3. The maximum absolute atomic E-state index is 11.9. The molecule has 0 atom stereocenters. The smallest absolute Gasteiger partial charge is 0.275 e. The summed E-state index contributed by atoms with van der Waals surface area (Å²) in [6.07, 6.45) is 0.00935. The summed E-state index contributed by atoms with van der Waals surface area (Å²) < 4.78 is 0. The number of phenols is 2. The number of phenolic OH excluding ortho intramolecular Hbond substituents is 2. The van der Waals surface area contributed by atoms with Gasteiger partial charge in [0, 0.05) is 23.3 Å². The number of nitrogens with zero attached hydrogens (tertiary/aromatic N) is 1. The highest BCUT2D eigenvalue weighted by Crippen LogP contribution is 2.22. The highest BCUT2D eigenvalue weighted by molar-refractivity contribution is 6.30. The van der Waals surface area contributed by atoms with Crippen molar-refractivity contribution in [3.05, 3.63) is 58.6 Å². The van der Waals surface area contributed by atoms with E-state index in [2.05, 4.69) is 15.8 Å². The van der Waals surface area contributed by atoms with Crippen molar-refractivity contribution in [3.8, 4) is 11.5 Å². The van der Waals surface area contributed by atoms with Gasteiger partial charge in [0.1, 0.15) is 11.5 Å². The average Bonchev–Trinajstić information content (AvgIpc) is 2.59. The molecular formula is C18H18ClN3O4. The third-order valence-electron chi connectivity index (χ3n) is 3.39. The van der Waals surface area contributed by atoms with E-state index in [4.69, 9.17) is 11.6 Å². The average molecular weight is 376 g/mol. The first-order chi connectivity index (χ1) is 12.3. The number of carbonyl (C=O) groups is 2. The highest BCUT2D eigenvalue weighted by atomic mass is 35.5. The lowest BCUT2D eigenvalue weighted by Gasteiger charge is -2.07. The first-order valence-electron chi connectivity index (χ1n) is 7.72. The minimum atomic E-state index is -0.650. The van der Waals surface area contributed by atoms with Crippen LogP contribution in [0.2, 0.25) is 5.02 Å². The minimum absolute atomic E-state index is 0.00935. The van der Waals surface area contributed by atoms with Gasteiger partial charge in [-0.3, -0.25) is 9.59 Å². The number of amides is 2. The van der Waals surface area contributed by atoms with Crippen molar-refractivity contribution in [1.29, 1.82) is 0 Å². The second-order valence-electron chi connectivity index (χ2n) is 5.57. The predicted octanol–water partition coefficient (Wildman–Crippen LogP) is 2.56. The molecule has 4 N–H and O–H groups in total. The van der Waals surface area contributed by atoms with Crippen LogP contribution in [0.4, 0.5) is 0 Å². The first-order valence-corrected chi connectivity index (χ1v) is 8.09. The molecule has 0 aliphatic rings. The molecular weight excluding hydrogens is 358 g/mol. The zero-order chi connectivity index (χ0) is 19.1. The molecule has 0 unspecified atom stereocenters. The zero-order valence-electron chi connectivity index (χ0n) is 14.0. The Kier molecular flexibility index (Phi) is 6.57. The molecule has 0 spiro atoms. The van der Waals surface area contributed by atoms with Crippen molar-refractivity contribution in [2.75, 3.05) is 0 Å². The van der Waals surface area contributed by atoms with E-state index >= 15 is 0 Å². The topological polar surface area (TPSA) is 111 Å². The van der Waals surface area contributed by atoms with Crippen molar-refractivity contribution >= 4 is 29.1 Å². The Labute approximate surface area is 155 Å². The number of rotatable bonds is 6. The van der Waals surface area contributed by atoms with Crippen LogP contribution in [0.3, 0.4) is 0 Å². The fourth-order valence-corrected chi connectivity index (χ4v) is 2.18. The summed E-state index contributed by atoms with van der Waals surface area (Å²) in [5.41, 5.74) is 3.53. The molecule has 0 radical (unpaired) electrons. The van der Waals surface area contributed by atoms with Gasteiger partial charge in [0.05, 0.1) is 12.0 Å². The molecule has 26 heavy (non-hydrogen) atoms. The number of benzene rings is 2. The van der Waals surface area contributed by atoms with E-state index in [1.807, 2.05) is 12.1 Å². The second-order valence-corrected chi connectivity index (χ2v) is 6.01. The molecule has 0 aliphatic carbocycles. The molecule has 0 fully saturated rings. The van der Waals surface area contributed by atoms with E-state index < -0.39 is 5.91 Å². The molecule has 0 bridgehead atoms. The van der Waals surface area contributed by atoms with Gasteiger partial charge in [-0.15, -0.1) is 0 Å². The number of hydrogen-bond donors (Lipinski definition) is 4. The van der Waals surface area contributed by atoms with Crippen LogP contribution in [-0.4, -0.2) is 27.7 Å². The number of aromatic hydroxyl groups is 2. The quantitative estimate of drug-likeness (QED) is 0.459. The molecule has 8 heteroatoms. The summed E-state index contributed by atoms with van der Waals surface area (Å²) in [4.78, 5) is 23.8. The lowest BCUT2D eigenvalue weighted by molar-refractivity contribution is -0.120. The molecule has 2 rings (SSSR count). The third kappa shape index (κ3) is 5.78. The maximum Gasteiger partial charge on any atom is 0.275 e. The summed E-state index contributed by atoms with van der Waals surface area (Å²) in [5, 5.41) is 26.0. The number of hydrogen-bond acceptors (Lipinski definition) is 5. The summed E-state index contributed by atoms with van der Waals surface area (Å²) in [7, 11) is 0. The van der Waals surface area contributed by atoms with Crippen LogP contribution in [0, 0.1) is 0 Å². The number of carbonyl (C=O) groups excluding carboxylic acids is 2. The van der Waals surface area contributed by atoms with Gasteiger partial charge in [0.25, 0.3) is 5.91 Å². The number of nitrogens with one attached hydrogen (secondary N) is 2. The summed E-state index contributed by atoms with van der Waals surface area (Å²) in [6.45, 7) is 1.95.